The Morgan fingerprint density at radius 2 is 2.06 bits per heavy atom. The van der Waals surface area contributed by atoms with E-state index in [1.807, 2.05) is 0 Å². The number of aliphatic hydroxyl groups excluding tert-OH is 1. The Bertz CT molecular complexity index is 399. The zero-order valence-corrected chi connectivity index (χ0v) is 9.97. The largest absolute Gasteiger partial charge is 0.410 e. The predicted octanol–water partition coefficient (Wildman–Crippen LogP) is 1.54. The van der Waals surface area contributed by atoms with E-state index in [1.54, 1.807) is 0 Å². The van der Waals surface area contributed by atoms with Gasteiger partial charge in [0.1, 0.15) is 5.69 Å². The molecule has 94 valence electrons. The van der Waals surface area contributed by atoms with Gasteiger partial charge in [-0.05, 0) is 43.2 Å². The standard InChI is InChI=1S/C10H14ClN3O3/c11-10(12-16)9-8(13-17-14-9)5-6-1-3-7(15)4-2-6/h6-7,15-16H,1-5H2. The molecule has 0 unspecified atom stereocenters. The Hall–Kier alpha value is -1.14. The van der Waals surface area contributed by atoms with Crippen LogP contribution in [-0.2, 0) is 6.42 Å². The molecule has 0 aromatic carbocycles. The lowest BCUT2D eigenvalue weighted by Crippen LogP contribution is -2.20. The van der Waals surface area contributed by atoms with Gasteiger partial charge in [0.2, 0.25) is 0 Å². The highest BCUT2D eigenvalue weighted by molar-refractivity contribution is 6.69. The topological polar surface area (TPSA) is 91.7 Å². The van der Waals surface area contributed by atoms with Gasteiger partial charge in [0, 0.05) is 0 Å². The van der Waals surface area contributed by atoms with Crippen LogP contribution >= 0.6 is 11.6 Å². The first-order valence-electron chi connectivity index (χ1n) is 5.58. The second-order valence-corrected chi connectivity index (χ2v) is 4.69. The molecule has 0 atom stereocenters. The first-order valence-corrected chi connectivity index (χ1v) is 5.96. The highest BCUT2D eigenvalue weighted by atomic mass is 35.5. The number of aliphatic hydroxyl groups is 1. The van der Waals surface area contributed by atoms with Gasteiger partial charge in [-0.15, -0.1) is 0 Å². The van der Waals surface area contributed by atoms with Crippen LogP contribution in [0.3, 0.4) is 0 Å². The summed E-state index contributed by atoms with van der Waals surface area (Å²) in [5, 5.41) is 28.1. The van der Waals surface area contributed by atoms with Crippen LogP contribution in [-0.4, -0.2) is 31.9 Å². The van der Waals surface area contributed by atoms with Gasteiger partial charge in [-0.2, -0.15) is 0 Å². The van der Waals surface area contributed by atoms with Gasteiger partial charge < -0.3 is 10.3 Å². The monoisotopic (exact) mass is 259 g/mol. The molecule has 17 heavy (non-hydrogen) atoms. The van der Waals surface area contributed by atoms with E-state index in [1.165, 1.54) is 0 Å². The third-order valence-corrected chi connectivity index (χ3v) is 3.39. The first kappa shape index (κ1) is 12.3. The van der Waals surface area contributed by atoms with E-state index in [2.05, 4.69) is 20.1 Å². The van der Waals surface area contributed by atoms with Gasteiger partial charge in [-0.1, -0.05) is 21.9 Å². The predicted molar refractivity (Wildman–Crippen MR) is 60.1 cm³/mol. The van der Waals surface area contributed by atoms with Crippen molar-refractivity contribution >= 4 is 16.8 Å². The van der Waals surface area contributed by atoms with Crippen molar-refractivity contribution in [2.75, 3.05) is 0 Å². The molecule has 1 aromatic heterocycles. The maximum atomic E-state index is 9.41. The molecule has 2 N–H and O–H groups in total. The van der Waals surface area contributed by atoms with Crippen molar-refractivity contribution in [1.29, 1.82) is 0 Å². The van der Waals surface area contributed by atoms with Crippen molar-refractivity contribution in [1.82, 2.24) is 10.3 Å². The molecular formula is C10H14ClN3O3. The van der Waals surface area contributed by atoms with Crippen LogP contribution in [0.4, 0.5) is 0 Å². The average molecular weight is 260 g/mol. The Kier molecular flexibility index (Phi) is 3.96. The zero-order chi connectivity index (χ0) is 12.3. The molecule has 0 radical (unpaired) electrons. The van der Waals surface area contributed by atoms with Gasteiger partial charge in [-0.3, -0.25) is 0 Å². The smallest absolute Gasteiger partial charge is 0.199 e. The number of rotatable bonds is 3. The molecule has 1 saturated carbocycles. The van der Waals surface area contributed by atoms with Crippen LogP contribution in [0.1, 0.15) is 37.1 Å². The fourth-order valence-corrected chi connectivity index (χ4v) is 2.31. The summed E-state index contributed by atoms with van der Waals surface area (Å²) in [4.78, 5) is 0. The van der Waals surface area contributed by atoms with Crippen LogP contribution < -0.4 is 0 Å². The van der Waals surface area contributed by atoms with E-state index < -0.39 is 0 Å². The Balaban J connectivity index is 2.01. The first-order chi connectivity index (χ1) is 8.20. The summed E-state index contributed by atoms with van der Waals surface area (Å²) in [5.41, 5.74) is 0.898. The highest BCUT2D eigenvalue weighted by Gasteiger charge is 2.23. The van der Waals surface area contributed by atoms with E-state index in [9.17, 15) is 5.11 Å². The van der Waals surface area contributed by atoms with Crippen LogP contribution in [0.25, 0.3) is 0 Å². The maximum Gasteiger partial charge on any atom is 0.199 e. The summed E-state index contributed by atoms with van der Waals surface area (Å²) in [5.74, 6) is 0.437. The number of aromatic nitrogens is 2. The summed E-state index contributed by atoms with van der Waals surface area (Å²) in [6, 6.07) is 0. The van der Waals surface area contributed by atoms with Crippen LogP contribution in [0.2, 0.25) is 0 Å². The summed E-state index contributed by atoms with van der Waals surface area (Å²) in [6.07, 6.45) is 4.02. The molecule has 6 nitrogen and oxygen atoms in total. The molecule has 0 bridgehead atoms. The zero-order valence-electron chi connectivity index (χ0n) is 9.21. The Labute approximate surface area is 103 Å². The number of hydrogen-bond acceptors (Lipinski definition) is 6. The van der Waals surface area contributed by atoms with Gasteiger partial charge >= 0.3 is 0 Å². The third-order valence-electron chi connectivity index (χ3n) is 3.14. The molecule has 0 aliphatic heterocycles. The SMILES string of the molecule is ON=C(Cl)c1nonc1CC1CCC(O)CC1. The molecule has 1 aliphatic rings. The molecule has 2 rings (SSSR count). The minimum Gasteiger partial charge on any atom is -0.410 e. The van der Waals surface area contributed by atoms with Crippen molar-refractivity contribution in [2.45, 2.75) is 38.2 Å². The van der Waals surface area contributed by atoms with Gasteiger partial charge in [-0.25, -0.2) is 4.63 Å². The van der Waals surface area contributed by atoms with Crippen LogP contribution in [0, 0.1) is 5.92 Å². The van der Waals surface area contributed by atoms with E-state index in [0.717, 1.165) is 25.7 Å². The van der Waals surface area contributed by atoms with E-state index >= 15 is 0 Å². The summed E-state index contributed by atoms with van der Waals surface area (Å²) < 4.78 is 4.61. The maximum absolute atomic E-state index is 9.41. The van der Waals surface area contributed by atoms with E-state index in [0.29, 0.717) is 23.7 Å². The third kappa shape index (κ3) is 2.95. The summed E-state index contributed by atoms with van der Waals surface area (Å²) in [7, 11) is 0. The summed E-state index contributed by atoms with van der Waals surface area (Å²) >= 11 is 5.68. The fourth-order valence-electron chi connectivity index (χ4n) is 2.17. The van der Waals surface area contributed by atoms with Crippen molar-refractivity contribution in [2.24, 2.45) is 11.1 Å². The van der Waals surface area contributed by atoms with E-state index in [-0.39, 0.29) is 11.3 Å². The van der Waals surface area contributed by atoms with Gasteiger partial charge in [0.15, 0.2) is 10.9 Å². The molecule has 1 aliphatic carbocycles. The molecule has 1 fully saturated rings. The fraction of sp³-hybridized carbons (Fsp3) is 0.700. The van der Waals surface area contributed by atoms with Crippen molar-refractivity contribution in [3.63, 3.8) is 0 Å². The lowest BCUT2D eigenvalue weighted by Gasteiger charge is -2.24. The molecule has 0 saturated heterocycles. The number of nitrogens with zero attached hydrogens (tertiary/aromatic N) is 3. The minimum atomic E-state index is -0.177. The van der Waals surface area contributed by atoms with Crippen molar-refractivity contribution < 1.29 is 14.9 Å². The van der Waals surface area contributed by atoms with Gasteiger partial charge in [0.25, 0.3) is 0 Å². The minimum absolute atomic E-state index is 0.114. The molecule has 7 heteroatoms. The lowest BCUT2D eigenvalue weighted by atomic mass is 9.84. The second-order valence-electron chi connectivity index (χ2n) is 4.33. The second kappa shape index (κ2) is 5.46. The lowest BCUT2D eigenvalue weighted by molar-refractivity contribution is 0.108. The Morgan fingerprint density at radius 3 is 2.71 bits per heavy atom. The Morgan fingerprint density at radius 1 is 1.35 bits per heavy atom. The van der Waals surface area contributed by atoms with Gasteiger partial charge in [0.05, 0.1) is 6.10 Å². The molecule has 0 spiro atoms. The molecular weight excluding hydrogens is 246 g/mol. The number of hydrogen-bond donors (Lipinski definition) is 2. The number of halogens is 1. The molecule has 1 heterocycles. The van der Waals surface area contributed by atoms with Crippen LogP contribution in [0.5, 0.6) is 0 Å². The van der Waals surface area contributed by atoms with E-state index in [4.69, 9.17) is 16.8 Å². The normalized spacial score (nSPS) is 26.1. The van der Waals surface area contributed by atoms with Crippen molar-refractivity contribution in [3.8, 4) is 0 Å². The molecule has 0 amide bonds. The highest BCUT2D eigenvalue weighted by Crippen LogP contribution is 2.27. The summed E-state index contributed by atoms with van der Waals surface area (Å²) in [6.45, 7) is 0. The number of oxime groups is 1. The van der Waals surface area contributed by atoms with Crippen molar-refractivity contribution in [3.05, 3.63) is 11.4 Å². The average Bonchev–Trinajstić information content (AvgIpc) is 2.79. The van der Waals surface area contributed by atoms with Crippen LogP contribution in [0.15, 0.2) is 9.78 Å². The molecule has 1 aromatic rings. The quantitative estimate of drug-likeness (QED) is 0.488.